The van der Waals surface area contributed by atoms with E-state index in [1.54, 1.807) is 0 Å². The molecule has 6 nitrogen and oxygen atoms in total. The molecule has 1 saturated heterocycles. The number of carbonyl (C=O) groups excluding carboxylic acids is 1. The van der Waals surface area contributed by atoms with E-state index in [2.05, 4.69) is 49.2 Å². The molecule has 0 radical (unpaired) electrons. The van der Waals surface area contributed by atoms with Crippen LogP contribution in [0, 0.1) is 20.8 Å². The van der Waals surface area contributed by atoms with Gasteiger partial charge in [-0.1, -0.05) is 0 Å². The van der Waals surface area contributed by atoms with Crippen LogP contribution in [0.5, 0.6) is 0 Å². The molecule has 5 rings (SSSR count). The highest BCUT2D eigenvalue weighted by Gasteiger charge is 2.29. The number of amides is 1. The van der Waals surface area contributed by atoms with Gasteiger partial charge in [-0.3, -0.25) is 9.69 Å². The Bertz CT molecular complexity index is 1110. The van der Waals surface area contributed by atoms with Gasteiger partial charge in [0, 0.05) is 46.2 Å². The van der Waals surface area contributed by atoms with Crippen molar-refractivity contribution in [3.05, 3.63) is 50.6 Å². The highest BCUT2D eigenvalue weighted by molar-refractivity contribution is 7.11. The second kappa shape index (κ2) is 8.36. The van der Waals surface area contributed by atoms with Gasteiger partial charge in [0.05, 0.1) is 11.7 Å². The average Bonchev–Trinajstić information content (AvgIpc) is 3.10. The average molecular weight is 438 g/mol. The second-order valence-electron chi connectivity index (χ2n) is 9.08. The number of likely N-dealkylation sites (tertiary alicyclic amines) is 1. The van der Waals surface area contributed by atoms with Crippen LogP contribution >= 0.6 is 11.3 Å². The minimum Gasteiger partial charge on any atom is -0.353 e. The van der Waals surface area contributed by atoms with Gasteiger partial charge in [0.2, 0.25) is 5.91 Å². The molecule has 31 heavy (non-hydrogen) atoms. The smallest absolute Gasteiger partial charge is 0.220 e. The SMILES string of the molecule is Cc1ccc(CN2CCC[C@@H]2c2cc3nc(C)c(CCC(=O)NC4CC4)c(C)n3n2)s1. The van der Waals surface area contributed by atoms with Crippen LogP contribution in [0.3, 0.4) is 0 Å². The van der Waals surface area contributed by atoms with E-state index in [0.717, 1.165) is 60.6 Å². The summed E-state index contributed by atoms with van der Waals surface area (Å²) in [5.41, 5.74) is 5.28. The van der Waals surface area contributed by atoms with E-state index in [4.69, 9.17) is 10.1 Å². The molecule has 2 fully saturated rings. The summed E-state index contributed by atoms with van der Waals surface area (Å²) >= 11 is 1.89. The van der Waals surface area contributed by atoms with Crippen molar-refractivity contribution in [2.45, 2.75) is 77.9 Å². The van der Waals surface area contributed by atoms with Crippen LogP contribution in [-0.2, 0) is 17.8 Å². The fraction of sp³-hybridized carbons (Fsp3) is 0.542. The first-order valence-electron chi connectivity index (χ1n) is 11.4. The first-order chi connectivity index (χ1) is 15.0. The van der Waals surface area contributed by atoms with Gasteiger partial charge >= 0.3 is 0 Å². The predicted octanol–water partition coefficient (Wildman–Crippen LogP) is 4.26. The van der Waals surface area contributed by atoms with Crippen molar-refractivity contribution in [2.75, 3.05) is 6.54 Å². The van der Waals surface area contributed by atoms with Crippen molar-refractivity contribution in [3.8, 4) is 0 Å². The van der Waals surface area contributed by atoms with Crippen LogP contribution in [0.2, 0.25) is 0 Å². The lowest BCUT2D eigenvalue weighted by Crippen LogP contribution is -2.25. The van der Waals surface area contributed by atoms with E-state index in [1.165, 1.54) is 16.2 Å². The quantitative estimate of drug-likeness (QED) is 0.600. The third kappa shape index (κ3) is 4.39. The highest BCUT2D eigenvalue weighted by Crippen LogP contribution is 2.34. The lowest BCUT2D eigenvalue weighted by molar-refractivity contribution is -0.121. The summed E-state index contributed by atoms with van der Waals surface area (Å²) in [7, 11) is 0. The Hall–Kier alpha value is -2.25. The number of aromatic nitrogens is 3. The van der Waals surface area contributed by atoms with Gasteiger partial charge < -0.3 is 5.32 Å². The molecule has 1 aliphatic carbocycles. The van der Waals surface area contributed by atoms with E-state index in [-0.39, 0.29) is 5.91 Å². The first-order valence-corrected chi connectivity index (χ1v) is 12.2. The summed E-state index contributed by atoms with van der Waals surface area (Å²) in [6.07, 6.45) is 5.81. The van der Waals surface area contributed by atoms with Crippen LogP contribution in [0.1, 0.15) is 70.5 Å². The maximum atomic E-state index is 12.2. The van der Waals surface area contributed by atoms with Gasteiger partial charge in [0.25, 0.3) is 0 Å². The molecule has 7 heteroatoms. The number of hydrogen-bond donors (Lipinski definition) is 1. The van der Waals surface area contributed by atoms with Crippen LogP contribution in [0.15, 0.2) is 18.2 Å². The van der Waals surface area contributed by atoms with Crippen LogP contribution < -0.4 is 5.32 Å². The second-order valence-corrected chi connectivity index (χ2v) is 10.5. The predicted molar refractivity (Wildman–Crippen MR) is 123 cm³/mol. The minimum atomic E-state index is 0.146. The van der Waals surface area contributed by atoms with Crippen LogP contribution in [0.25, 0.3) is 5.65 Å². The van der Waals surface area contributed by atoms with Crippen molar-refractivity contribution in [2.24, 2.45) is 0 Å². The topological polar surface area (TPSA) is 62.5 Å². The summed E-state index contributed by atoms with van der Waals surface area (Å²) in [5, 5.41) is 8.08. The van der Waals surface area contributed by atoms with E-state index in [1.807, 2.05) is 15.9 Å². The van der Waals surface area contributed by atoms with E-state index in [9.17, 15) is 4.79 Å². The van der Waals surface area contributed by atoms with Crippen LogP contribution in [-0.4, -0.2) is 38.0 Å². The minimum absolute atomic E-state index is 0.146. The summed E-state index contributed by atoms with van der Waals surface area (Å²) in [5.74, 6) is 0.146. The molecule has 3 aromatic heterocycles. The molecule has 2 aliphatic rings. The largest absolute Gasteiger partial charge is 0.353 e. The molecule has 0 aromatic carbocycles. The van der Waals surface area contributed by atoms with E-state index < -0.39 is 0 Å². The van der Waals surface area contributed by atoms with Gasteiger partial charge in [-0.15, -0.1) is 11.3 Å². The van der Waals surface area contributed by atoms with Gasteiger partial charge in [0.15, 0.2) is 5.65 Å². The molecule has 3 aromatic rings. The molecule has 0 unspecified atom stereocenters. The highest BCUT2D eigenvalue weighted by atomic mass is 32.1. The van der Waals surface area contributed by atoms with Crippen LogP contribution in [0.4, 0.5) is 0 Å². The van der Waals surface area contributed by atoms with Gasteiger partial charge in [0.1, 0.15) is 0 Å². The molecule has 0 bridgehead atoms. The number of thiophene rings is 1. The zero-order chi connectivity index (χ0) is 21.5. The van der Waals surface area contributed by atoms with Crippen molar-refractivity contribution in [3.63, 3.8) is 0 Å². The third-order valence-electron chi connectivity index (χ3n) is 6.59. The Morgan fingerprint density at radius 3 is 2.81 bits per heavy atom. The monoisotopic (exact) mass is 437 g/mol. The molecule has 0 spiro atoms. The molecular weight excluding hydrogens is 406 g/mol. The van der Waals surface area contributed by atoms with Crippen molar-refractivity contribution in [1.82, 2.24) is 24.8 Å². The fourth-order valence-corrected chi connectivity index (χ4v) is 5.67. The lowest BCUT2D eigenvalue weighted by atomic mass is 10.1. The maximum absolute atomic E-state index is 12.2. The zero-order valence-electron chi connectivity index (χ0n) is 18.6. The summed E-state index contributed by atoms with van der Waals surface area (Å²) in [6, 6.07) is 7.37. The Balaban J connectivity index is 1.36. The van der Waals surface area contributed by atoms with Gasteiger partial charge in [-0.05, 0) is 77.1 Å². The van der Waals surface area contributed by atoms with Gasteiger partial charge in [-0.25, -0.2) is 9.50 Å². The molecule has 1 saturated carbocycles. The maximum Gasteiger partial charge on any atom is 0.220 e. The normalized spacial score (nSPS) is 19.4. The molecular formula is C24H31N5OS. The number of nitrogens with zero attached hydrogens (tertiary/aromatic N) is 4. The number of fused-ring (bicyclic) bond motifs is 1. The van der Waals surface area contributed by atoms with E-state index >= 15 is 0 Å². The number of hydrogen-bond acceptors (Lipinski definition) is 5. The van der Waals surface area contributed by atoms with Crippen molar-refractivity contribution < 1.29 is 4.79 Å². The summed E-state index contributed by atoms with van der Waals surface area (Å²) in [6.45, 7) is 8.43. The number of carbonyl (C=O) groups is 1. The molecule has 4 heterocycles. The molecule has 164 valence electrons. The first kappa shape index (κ1) is 20.6. The molecule has 1 atom stereocenters. The Morgan fingerprint density at radius 1 is 1.23 bits per heavy atom. The fourth-order valence-electron chi connectivity index (χ4n) is 4.76. The molecule has 1 amide bonds. The standard InChI is InChI=1S/C24H31N5OS/c1-15-6-9-19(31-15)14-28-12-4-5-22(28)21-13-23-25-16(2)20(17(3)29(23)27-21)10-11-24(30)26-18-7-8-18/h6,9,13,18,22H,4-5,7-8,10-12,14H2,1-3H3,(H,26,30)/t22-/m1/s1. The Kier molecular flexibility index (Phi) is 5.56. The Morgan fingerprint density at radius 2 is 2.06 bits per heavy atom. The summed E-state index contributed by atoms with van der Waals surface area (Å²) in [4.78, 5) is 22.3. The zero-order valence-corrected chi connectivity index (χ0v) is 19.5. The van der Waals surface area contributed by atoms with Gasteiger partial charge in [-0.2, -0.15) is 5.10 Å². The number of rotatable bonds is 7. The van der Waals surface area contributed by atoms with Crippen molar-refractivity contribution >= 4 is 22.9 Å². The molecule has 1 N–H and O–H groups in total. The lowest BCUT2D eigenvalue weighted by Gasteiger charge is -2.22. The Labute approximate surface area is 187 Å². The summed E-state index contributed by atoms with van der Waals surface area (Å²) < 4.78 is 1.99. The molecule has 1 aliphatic heterocycles. The third-order valence-corrected chi connectivity index (χ3v) is 7.57. The van der Waals surface area contributed by atoms with E-state index in [0.29, 0.717) is 24.9 Å². The number of aryl methyl sites for hydroxylation is 3. The number of nitrogens with one attached hydrogen (secondary N) is 1. The van der Waals surface area contributed by atoms with Crippen molar-refractivity contribution in [1.29, 1.82) is 0 Å².